The minimum absolute atomic E-state index is 0.0687. The molecule has 4 N–H and O–H groups in total. The van der Waals surface area contributed by atoms with Gasteiger partial charge in [0.25, 0.3) is 0 Å². The number of nitrogens with two attached hydrogens (primary N) is 1. The quantitative estimate of drug-likeness (QED) is 0.640. The molecule has 0 fully saturated rings. The molecule has 2 amide bonds. The minimum Gasteiger partial charge on any atom is -0.366 e. The highest BCUT2D eigenvalue weighted by Gasteiger charge is 2.22. The fourth-order valence-corrected chi connectivity index (χ4v) is 3.08. The number of carbonyl (C=O) groups is 2. The van der Waals surface area contributed by atoms with Crippen molar-refractivity contribution in [2.75, 3.05) is 5.32 Å². The van der Waals surface area contributed by atoms with E-state index in [4.69, 9.17) is 5.73 Å². The van der Waals surface area contributed by atoms with Crippen LogP contribution >= 0.6 is 0 Å². The summed E-state index contributed by atoms with van der Waals surface area (Å²) in [5.74, 6) is 0.201. The first kappa shape index (κ1) is 21.6. The maximum Gasteiger partial charge on any atom is 0.248 e. The zero-order chi connectivity index (χ0) is 20.8. The van der Waals surface area contributed by atoms with E-state index in [0.29, 0.717) is 23.1 Å². The molecular formula is C23H31N3O2. The van der Waals surface area contributed by atoms with Crippen molar-refractivity contribution < 1.29 is 9.59 Å². The number of anilines is 1. The van der Waals surface area contributed by atoms with Crippen LogP contribution < -0.4 is 16.4 Å². The number of nitrogens with one attached hydrogen (secondary N) is 2. The van der Waals surface area contributed by atoms with Gasteiger partial charge in [-0.2, -0.15) is 0 Å². The molecule has 0 spiro atoms. The Bertz CT molecular complexity index is 796. The summed E-state index contributed by atoms with van der Waals surface area (Å²) in [6.07, 6.45) is 0. The van der Waals surface area contributed by atoms with E-state index in [-0.39, 0.29) is 18.0 Å². The molecule has 2 aromatic carbocycles. The van der Waals surface area contributed by atoms with Crippen LogP contribution in [0.3, 0.4) is 0 Å². The predicted molar refractivity (Wildman–Crippen MR) is 114 cm³/mol. The molecule has 0 radical (unpaired) electrons. The normalized spacial score (nSPS) is 13.4. The van der Waals surface area contributed by atoms with Crippen LogP contribution in [0, 0.1) is 5.92 Å². The minimum atomic E-state index is -0.490. The summed E-state index contributed by atoms with van der Waals surface area (Å²) < 4.78 is 0. The summed E-state index contributed by atoms with van der Waals surface area (Å²) in [6.45, 7) is 10.5. The third kappa shape index (κ3) is 5.67. The van der Waals surface area contributed by atoms with Crippen molar-refractivity contribution in [1.82, 2.24) is 5.32 Å². The SMILES string of the molecule is CC(C)c1ccc([C@H](N[C@H](C)C(=O)Nc2ccc(C(N)=O)cc2)C(C)C)cc1. The van der Waals surface area contributed by atoms with Crippen LogP contribution in [-0.2, 0) is 4.79 Å². The Balaban J connectivity index is 2.05. The summed E-state index contributed by atoms with van der Waals surface area (Å²) in [4.78, 5) is 23.7. The lowest BCUT2D eigenvalue weighted by atomic mass is 9.93. The average molecular weight is 382 g/mol. The first-order valence-corrected chi connectivity index (χ1v) is 9.75. The second kappa shape index (κ2) is 9.51. The molecular weight excluding hydrogens is 350 g/mol. The molecule has 150 valence electrons. The van der Waals surface area contributed by atoms with Crippen LogP contribution in [0.25, 0.3) is 0 Å². The highest BCUT2D eigenvalue weighted by Crippen LogP contribution is 2.25. The number of amides is 2. The largest absolute Gasteiger partial charge is 0.366 e. The lowest BCUT2D eigenvalue weighted by molar-refractivity contribution is -0.118. The summed E-state index contributed by atoms with van der Waals surface area (Å²) in [7, 11) is 0. The number of primary amides is 1. The van der Waals surface area contributed by atoms with Gasteiger partial charge >= 0.3 is 0 Å². The Morgan fingerprint density at radius 1 is 0.821 bits per heavy atom. The second-order valence-corrected chi connectivity index (χ2v) is 7.86. The topological polar surface area (TPSA) is 84.2 Å². The molecule has 2 aromatic rings. The molecule has 2 rings (SSSR count). The fourth-order valence-electron chi connectivity index (χ4n) is 3.08. The van der Waals surface area contributed by atoms with Crippen molar-refractivity contribution in [2.24, 2.45) is 11.7 Å². The van der Waals surface area contributed by atoms with Gasteiger partial charge in [-0.05, 0) is 54.2 Å². The molecule has 5 nitrogen and oxygen atoms in total. The molecule has 0 unspecified atom stereocenters. The molecule has 0 saturated heterocycles. The molecule has 5 heteroatoms. The maximum absolute atomic E-state index is 12.6. The molecule has 0 aliphatic heterocycles. The van der Waals surface area contributed by atoms with E-state index in [0.717, 1.165) is 0 Å². The van der Waals surface area contributed by atoms with E-state index in [9.17, 15) is 9.59 Å². The number of hydrogen-bond donors (Lipinski definition) is 3. The lowest BCUT2D eigenvalue weighted by Gasteiger charge is -2.27. The van der Waals surface area contributed by atoms with Crippen molar-refractivity contribution >= 4 is 17.5 Å². The highest BCUT2D eigenvalue weighted by atomic mass is 16.2. The van der Waals surface area contributed by atoms with Gasteiger partial charge in [0.05, 0.1) is 6.04 Å². The molecule has 0 saturated carbocycles. The Labute approximate surface area is 167 Å². The third-order valence-electron chi connectivity index (χ3n) is 4.89. The number of rotatable bonds is 8. The van der Waals surface area contributed by atoms with Crippen LogP contribution in [0.4, 0.5) is 5.69 Å². The first-order chi connectivity index (χ1) is 13.2. The average Bonchev–Trinajstić information content (AvgIpc) is 2.66. The monoisotopic (exact) mass is 381 g/mol. The van der Waals surface area contributed by atoms with E-state index in [1.165, 1.54) is 11.1 Å². The van der Waals surface area contributed by atoms with Crippen LogP contribution in [0.5, 0.6) is 0 Å². The van der Waals surface area contributed by atoms with Crippen molar-refractivity contribution in [2.45, 2.75) is 52.6 Å². The van der Waals surface area contributed by atoms with Crippen LogP contribution in [0.1, 0.15) is 68.1 Å². The van der Waals surface area contributed by atoms with Gasteiger partial charge in [0.1, 0.15) is 0 Å². The zero-order valence-electron chi connectivity index (χ0n) is 17.3. The molecule has 2 atom stereocenters. The van der Waals surface area contributed by atoms with E-state index in [1.54, 1.807) is 24.3 Å². The molecule has 0 aliphatic rings. The maximum atomic E-state index is 12.6. The molecule has 0 bridgehead atoms. The van der Waals surface area contributed by atoms with Crippen LogP contribution in [0.15, 0.2) is 48.5 Å². The standard InChI is InChI=1S/C23H31N3O2/c1-14(2)17-6-8-18(9-7-17)21(15(3)4)25-16(5)23(28)26-20-12-10-19(11-13-20)22(24)27/h6-16,21,25H,1-5H3,(H2,24,27)(H,26,28)/t16-,21-/m1/s1. The Morgan fingerprint density at radius 2 is 1.36 bits per heavy atom. The number of benzene rings is 2. The van der Waals surface area contributed by atoms with Gasteiger partial charge in [0, 0.05) is 17.3 Å². The lowest BCUT2D eigenvalue weighted by Crippen LogP contribution is -2.41. The van der Waals surface area contributed by atoms with E-state index in [2.05, 4.69) is 62.6 Å². The Morgan fingerprint density at radius 3 is 1.82 bits per heavy atom. The summed E-state index contributed by atoms with van der Waals surface area (Å²) in [5.41, 5.74) is 8.76. The smallest absolute Gasteiger partial charge is 0.248 e. The summed E-state index contributed by atoms with van der Waals surface area (Å²) in [5, 5.41) is 6.32. The highest BCUT2D eigenvalue weighted by molar-refractivity contribution is 5.96. The third-order valence-corrected chi connectivity index (χ3v) is 4.89. The molecule has 0 aromatic heterocycles. The molecule has 0 aliphatic carbocycles. The van der Waals surface area contributed by atoms with Gasteiger partial charge < -0.3 is 11.1 Å². The first-order valence-electron chi connectivity index (χ1n) is 9.75. The van der Waals surface area contributed by atoms with Gasteiger partial charge in [-0.25, -0.2) is 0 Å². The van der Waals surface area contributed by atoms with Crippen molar-refractivity contribution in [3.8, 4) is 0 Å². The van der Waals surface area contributed by atoms with Crippen molar-refractivity contribution in [3.63, 3.8) is 0 Å². The van der Waals surface area contributed by atoms with Gasteiger partial charge in [0.15, 0.2) is 0 Å². The Kier molecular flexibility index (Phi) is 7.35. The van der Waals surface area contributed by atoms with E-state index < -0.39 is 5.91 Å². The van der Waals surface area contributed by atoms with E-state index in [1.807, 2.05) is 6.92 Å². The Hall–Kier alpha value is -2.66. The predicted octanol–water partition coefficient (Wildman–Crippen LogP) is 4.22. The van der Waals surface area contributed by atoms with Gasteiger partial charge in [-0.15, -0.1) is 0 Å². The van der Waals surface area contributed by atoms with Gasteiger partial charge in [0.2, 0.25) is 11.8 Å². The molecule has 28 heavy (non-hydrogen) atoms. The summed E-state index contributed by atoms with van der Waals surface area (Å²) in [6, 6.07) is 14.8. The van der Waals surface area contributed by atoms with Crippen LogP contribution in [-0.4, -0.2) is 17.9 Å². The fraction of sp³-hybridized carbons (Fsp3) is 0.391. The van der Waals surface area contributed by atoms with Gasteiger partial charge in [-0.3, -0.25) is 14.9 Å². The van der Waals surface area contributed by atoms with Gasteiger partial charge in [-0.1, -0.05) is 52.0 Å². The van der Waals surface area contributed by atoms with Crippen molar-refractivity contribution in [3.05, 3.63) is 65.2 Å². The zero-order valence-corrected chi connectivity index (χ0v) is 17.3. The molecule has 0 heterocycles. The number of hydrogen-bond acceptors (Lipinski definition) is 3. The van der Waals surface area contributed by atoms with Crippen LogP contribution in [0.2, 0.25) is 0 Å². The second-order valence-electron chi connectivity index (χ2n) is 7.86. The van der Waals surface area contributed by atoms with E-state index >= 15 is 0 Å². The summed E-state index contributed by atoms with van der Waals surface area (Å²) >= 11 is 0. The van der Waals surface area contributed by atoms with Crippen molar-refractivity contribution in [1.29, 1.82) is 0 Å². The number of carbonyl (C=O) groups excluding carboxylic acids is 2.